The van der Waals surface area contributed by atoms with Crippen LogP contribution in [0, 0.1) is 0 Å². The molecule has 6 heteroatoms. The second-order valence-corrected chi connectivity index (χ2v) is 6.97. The molecule has 0 aliphatic carbocycles. The van der Waals surface area contributed by atoms with E-state index in [1.807, 2.05) is 30.3 Å². The fraction of sp³-hybridized carbons (Fsp3) is 0.0588. The molecule has 0 unspecified atom stereocenters. The summed E-state index contributed by atoms with van der Waals surface area (Å²) in [5.74, 6) is 0.535. The number of carbonyl (C=O) groups excluding carboxylic acids is 1. The summed E-state index contributed by atoms with van der Waals surface area (Å²) < 4.78 is 5.83. The van der Waals surface area contributed by atoms with Gasteiger partial charge < -0.3 is 10.1 Å². The van der Waals surface area contributed by atoms with E-state index < -0.39 is 0 Å². The summed E-state index contributed by atoms with van der Waals surface area (Å²) in [4.78, 5) is 16.9. The molecule has 0 saturated carbocycles. The van der Waals surface area contributed by atoms with Crippen LogP contribution in [0.25, 0.3) is 11.3 Å². The first-order valence-corrected chi connectivity index (χ1v) is 8.45. The summed E-state index contributed by atoms with van der Waals surface area (Å²) in [6.45, 7) is 0. The monoisotopic (exact) mass is 388 g/mol. The van der Waals surface area contributed by atoms with Crippen LogP contribution in [0.2, 0.25) is 0 Å². The van der Waals surface area contributed by atoms with Crippen LogP contribution in [-0.4, -0.2) is 18.0 Å². The van der Waals surface area contributed by atoms with Gasteiger partial charge in [-0.25, -0.2) is 4.98 Å². The molecule has 2 aromatic carbocycles. The number of hydrogen-bond donors (Lipinski definition) is 1. The van der Waals surface area contributed by atoms with E-state index in [4.69, 9.17) is 4.74 Å². The first-order valence-electron chi connectivity index (χ1n) is 6.84. The molecule has 0 saturated heterocycles. The zero-order valence-corrected chi connectivity index (χ0v) is 14.6. The number of ether oxygens (including phenoxy) is 1. The van der Waals surface area contributed by atoms with Gasteiger partial charge in [0.2, 0.25) is 0 Å². The molecule has 0 bridgehead atoms. The Kier molecular flexibility index (Phi) is 4.73. The number of aromatic nitrogens is 1. The van der Waals surface area contributed by atoms with Gasteiger partial charge in [-0.1, -0.05) is 41.7 Å². The van der Waals surface area contributed by atoms with Crippen molar-refractivity contribution in [3.05, 3.63) is 64.1 Å². The second-order valence-electron chi connectivity index (χ2n) is 4.69. The molecule has 0 aliphatic rings. The zero-order valence-electron chi connectivity index (χ0n) is 12.2. The van der Waals surface area contributed by atoms with E-state index in [0.29, 0.717) is 16.3 Å². The molecule has 0 radical (unpaired) electrons. The minimum atomic E-state index is -0.180. The predicted octanol–water partition coefficient (Wildman–Crippen LogP) is 4.83. The highest BCUT2D eigenvalue weighted by Gasteiger charge is 2.15. The number of benzene rings is 2. The number of thiazole rings is 1. The summed E-state index contributed by atoms with van der Waals surface area (Å²) >= 11 is 4.77. The van der Waals surface area contributed by atoms with Crippen molar-refractivity contribution in [2.24, 2.45) is 0 Å². The molecule has 0 aliphatic heterocycles. The largest absolute Gasteiger partial charge is 0.497 e. The van der Waals surface area contributed by atoms with Gasteiger partial charge in [-0.2, -0.15) is 0 Å². The Labute approximate surface area is 146 Å². The second kappa shape index (κ2) is 6.93. The quantitative estimate of drug-likeness (QED) is 0.695. The van der Waals surface area contributed by atoms with E-state index >= 15 is 0 Å². The average Bonchev–Trinajstić information content (AvgIpc) is 2.96. The van der Waals surface area contributed by atoms with Crippen molar-refractivity contribution in [3.63, 3.8) is 0 Å². The maximum atomic E-state index is 12.4. The third kappa shape index (κ3) is 3.60. The van der Waals surface area contributed by atoms with Crippen molar-refractivity contribution >= 4 is 38.2 Å². The van der Waals surface area contributed by atoms with Crippen molar-refractivity contribution in [3.8, 4) is 17.0 Å². The average molecular weight is 389 g/mol. The number of halogens is 1. The number of methoxy groups -OCH3 is 1. The van der Waals surface area contributed by atoms with E-state index in [-0.39, 0.29) is 5.91 Å². The van der Waals surface area contributed by atoms with Crippen LogP contribution in [0.15, 0.2) is 58.5 Å². The first-order chi connectivity index (χ1) is 11.2. The molecule has 23 heavy (non-hydrogen) atoms. The molecule has 3 aromatic rings. The van der Waals surface area contributed by atoms with Gasteiger partial charge >= 0.3 is 0 Å². The number of hydrogen-bond acceptors (Lipinski definition) is 4. The lowest BCUT2D eigenvalue weighted by Gasteiger charge is -2.06. The minimum Gasteiger partial charge on any atom is -0.497 e. The van der Waals surface area contributed by atoms with Crippen molar-refractivity contribution in [1.29, 1.82) is 0 Å². The summed E-state index contributed by atoms with van der Waals surface area (Å²) in [5, 5.41) is 3.64. The lowest BCUT2D eigenvalue weighted by Crippen LogP contribution is -2.11. The lowest BCUT2D eigenvalue weighted by atomic mass is 10.1. The molecule has 1 N–H and O–H groups in total. The van der Waals surface area contributed by atoms with Crippen LogP contribution < -0.4 is 10.1 Å². The minimum absolute atomic E-state index is 0.180. The summed E-state index contributed by atoms with van der Waals surface area (Å²) in [5.41, 5.74) is 2.28. The van der Waals surface area contributed by atoms with Gasteiger partial charge in [-0.05, 0) is 40.2 Å². The van der Waals surface area contributed by atoms with Gasteiger partial charge in [0.1, 0.15) is 16.4 Å². The maximum absolute atomic E-state index is 12.4. The molecule has 1 heterocycles. The van der Waals surface area contributed by atoms with Crippen LogP contribution in [0.5, 0.6) is 5.75 Å². The van der Waals surface area contributed by atoms with Gasteiger partial charge in [-0.3, -0.25) is 4.79 Å². The zero-order chi connectivity index (χ0) is 16.2. The Bertz CT molecular complexity index is 816. The number of carbonyl (C=O) groups is 1. The van der Waals surface area contributed by atoms with Gasteiger partial charge in [-0.15, -0.1) is 0 Å². The number of amides is 1. The molecule has 0 fully saturated rings. The van der Waals surface area contributed by atoms with Crippen LogP contribution in [0.3, 0.4) is 0 Å². The van der Waals surface area contributed by atoms with Crippen LogP contribution in [0.1, 0.15) is 10.4 Å². The van der Waals surface area contributed by atoms with Gasteiger partial charge in [0.25, 0.3) is 5.91 Å². The Morgan fingerprint density at radius 2 is 1.83 bits per heavy atom. The molecule has 1 aromatic heterocycles. The van der Waals surface area contributed by atoms with E-state index in [1.165, 1.54) is 11.3 Å². The van der Waals surface area contributed by atoms with E-state index in [9.17, 15) is 4.79 Å². The molecule has 116 valence electrons. The first kappa shape index (κ1) is 15.7. The highest BCUT2D eigenvalue weighted by Crippen LogP contribution is 2.35. The van der Waals surface area contributed by atoms with Gasteiger partial charge in [0, 0.05) is 11.1 Å². The van der Waals surface area contributed by atoms with Crippen molar-refractivity contribution < 1.29 is 9.53 Å². The number of rotatable bonds is 4. The van der Waals surface area contributed by atoms with Gasteiger partial charge in [0.15, 0.2) is 3.92 Å². The SMILES string of the molecule is COc1ccc(C(=O)Nc2sc(Br)nc2-c2ccccc2)cc1. The van der Waals surface area contributed by atoms with Crippen molar-refractivity contribution in [1.82, 2.24) is 4.98 Å². The highest BCUT2D eigenvalue weighted by atomic mass is 79.9. The third-order valence-corrected chi connectivity index (χ3v) is 4.65. The summed E-state index contributed by atoms with van der Waals surface area (Å²) in [7, 11) is 1.59. The number of anilines is 1. The molecule has 0 atom stereocenters. The number of nitrogens with zero attached hydrogens (tertiary/aromatic N) is 1. The molecule has 1 amide bonds. The Balaban J connectivity index is 1.86. The van der Waals surface area contributed by atoms with Crippen LogP contribution in [0.4, 0.5) is 5.00 Å². The maximum Gasteiger partial charge on any atom is 0.256 e. The van der Waals surface area contributed by atoms with Crippen molar-refractivity contribution in [2.75, 3.05) is 12.4 Å². The van der Waals surface area contributed by atoms with E-state index in [0.717, 1.165) is 15.2 Å². The fourth-order valence-corrected chi connectivity index (χ4v) is 3.46. The Morgan fingerprint density at radius 1 is 1.13 bits per heavy atom. The van der Waals surface area contributed by atoms with Crippen LogP contribution in [-0.2, 0) is 0 Å². The summed E-state index contributed by atoms with van der Waals surface area (Å²) in [6, 6.07) is 16.7. The molecular weight excluding hydrogens is 376 g/mol. The molecule has 0 spiro atoms. The predicted molar refractivity (Wildman–Crippen MR) is 96.2 cm³/mol. The van der Waals surface area contributed by atoms with Gasteiger partial charge in [0.05, 0.1) is 7.11 Å². The smallest absolute Gasteiger partial charge is 0.256 e. The normalized spacial score (nSPS) is 10.3. The number of nitrogens with one attached hydrogen (secondary N) is 1. The summed E-state index contributed by atoms with van der Waals surface area (Å²) in [6.07, 6.45) is 0. The Hall–Kier alpha value is -2.18. The standard InChI is InChI=1S/C17H13BrN2O2S/c1-22-13-9-7-12(8-10-13)15(21)20-16-14(19-17(18)23-16)11-5-3-2-4-6-11/h2-10H,1H3,(H,20,21). The topological polar surface area (TPSA) is 51.2 Å². The van der Waals surface area contributed by atoms with E-state index in [2.05, 4.69) is 26.2 Å². The highest BCUT2D eigenvalue weighted by molar-refractivity contribution is 9.11. The molecular formula is C17H13BrN2O2S. The molecule has 3 rings (SSSR count). The third-order valence-electron chi connectivity index (χ3n) is 3.23. The van der Waals surface area contributed by atoms with Crippen LogP contribution >= 0.6 is 27.3 Å². The lowest BCUT2D eigenvalue weighted by molar-refractivity contribution is 0.102. The van der Waals surface area contributed by atoms with Crippen molar-refractivity contribution in [2.45, 2.75) is 0 Å². The molecule has 4 nitrogen and oxygen atoms in total. The Morgan fingerprint density at radius 3 is 2.48 bits per heavy atom. The van der Waals surface area contributed by atoms with E-state index in [1.54, 1.807) is 31.4 Å². The fourth-order valence-electron chi connectivity index (χ4n) is 2.09.